The fourth-order valence-corrected chi connectivity index (χ4v) is 4.18. The molecule has 0 amide bonds. The fraction of sp³-hybridized carbons (Fsp3) is 0.391. The number of nitrogens with two attached hydrogens (primary N) is 2. The van der Waals surface area contributed by atoms with Gasteiger partial charge in [-0.1, -0.05) is 12.2 Å². The molecule has 0 spiro atoms. The Morgan fingerprint density at radius 3 is 2.51 bits per heavy atom. The van der Waals surface area contributed by atoms with Crippen LogP contribution in [0.2, 0.25) is 0 Å². The number of carboxylic acids is 1. The maximum atomic E-state index is 14.0. The lowest BCUT2D eigenvalue weighted by Crippen LogP contribution is -2.42. The van der Waals surface area contributed by atoms with Gasteiger partial charge in [0, 0.05) is 25.7 Å². The summed E-state index contributed by atoms with van der Waals surface area (Å²) >= 11 is 0. The first-order valence-electron chi connectivity index (χ1n) is 11.6. The number of halogens is 4. The highest BCUT2D eigenvalue weighted by Gasteiger charge is 2.44. The monoisotopic (exact) mass is 555 g/mol. The standard InChI is InChI=1S/C23H25F4N7O5/c24-11-6-12(25)16(27)10(15(11)26)2-1-4-33(5-3-13(28)23(37)38)7-14-18(35)19(36)22(39-14)34-9-32-17-20(29)30-8-31-21(17)34/h1-2,6,8-9,13-14,18-19,22,35-36H,3-5,7,28H2,(H,37,38)(H2,29,30,31)/b2-1+/t13-,14+,18+,19+,22+/m0/s1. The minimum atomic E-state index is -1.58. The Bertz CT molecular complexity index is 1360. The zero-order valence-electron chi connectivity index (χ0n) is 20.2. The van der Waals surface area contributed by atoms with E-state index in [4.69, 9.17) is 21.3 Å². The number of carboxylic acid groups (broad SMARTS) is 1. The van der Waals surface area contributed by atoms with Crippen molar-refractivity contribution >= 4 is 29.0 Å². The predicted octanol–water partition coefficient (Wildman–Crippen LogP) is 0.401. The van der Waals surface area contributed by atoms with Gasteiger partial charge in [-0.25, -0.2) is 32.5 Å². The summed E-state index contributed by atoms with van der Waals surface area (Å²) in [5.74, 6) is -7.46. The first-order chi connectivity index (χ1) is 18.5. The second kappa shape index (κ2) is 11.6. The van der Waals surface area contributed by atoms with Gasteiger partial charge < -0.3 is 31.5 Å². The van der Waals surface area contributed by atoms with E-state index in [9.17, 15) is 32.6 Å². The number of aromatic nitrogens is 4. The molecule has 0 aliphatic carbocycles. The van der Waals surface area contributed by atoms with E-state index in [1.165, 1.54) is 28.2 Å². The van der Waals surface area contributed by atoms with Crippen LogP contribution in [-0.2, 0) is 9.53 Å². The number of fused-ring (bicyclic) bond motifs is 1. The number of hydrogen-bond acceptors (Lipinski definition) is 10. The molecule has 4 rings (SSSR count). The van der Waals surface area contributed by atoms with Crippen LogP contribution in [0, 0.1) is 23.3 Å². The van der Waals surface area contributed by atoms with Gasteiger partial charge in [-0.05, 0) is 6.42 Å². The average molecular weight is 555 g/mol. The normalized spacial score (nSPS) is 22.4. The number of anilines is 1. The summed E-state index contributed by atoms with van der Waals surface area (Å²) in [5.41, 5.74) is 11.0. The van der Waals surface area contributed by atoms with E-state index in [2.05, 4.69) is 15.0 Å². The Labute approximate surface area is 218 Å². The maximum Gasteiger partial charge on any atom is 0.320 e. The third kappa shape index (κ3) is 5.84. The smallest absolute Gasteiger partial charge is 0.320 e. The molecule has 210 valence electrons. The number of aliphatic carboxylic acids is 1. The summed E-state index contributed by atoms with van der Waals surface area (Å²) in [4.78, 5) is 24.7. The van der Waals surface area contributed by atoms with E-state index in [1.807, 2.05) is 0 Å². The van der Waals surface area contributed by atoms with Gasteiger partial charge in [0.1, 0.15) is 36.2 Å². The molecule has 3 aromatic rings. The van der Waals surface area contributed by atoms with Crippen molar-refractivity contribution in [2.45, 2.75) is 37.0 Å². The number of nitrogen functional groups attached to an aromatic ring is 1. The number of aliphatic hydroxyl groups is 2. The highest BCUT2D eigenvalue weighted by molar-refractivity contribution is 5.81. The Morgan fingerprint density at radius 2 is 1.85 bits per heavy atom. The van der Waals surface area contributed by atoms with E-state index < -0.39 is 65.4 Å². The van der Waals surface area contributed by atoms with Crippen molar-refractivity contribution < 1.29 is 42.4 Å². The van der Waals surface area contributed by atoms with Crippen molar-refractivity contribution in [2.24, 2.45) is 5.73 Å². The molecule has 7 N–H and O–H groups in total. The molecule has 16 heteroatoms. The Kier molecular flexibility index (Phi) is 8.41. The molecular formula is C23H25F4N7O5. The number of ether oxygens (including phenoxy) is 1. The topological polar surface area (TPSA) is 186 Å². The first-order valence-corrected chi connectivity index (χ1v) is 11.6. The molecule has 39 heavy (non-hydrogen) atoms. The van der Waals surface area contributed by atoms with Crippen molar-refractivity contribution in [1.82, 2.24) is 24.4 Å². The van der Waals surface area contributed by atoms with E-state index in [0.717, 1.165) is 6.08 Å². The molecule has 0 bridgehead atoms. The quantitative estimate of drug-likeness (QED) is 0.172. The average Bonchev–Trinajstić information content (AvgIpc) is 3.44. The molecule has 0 saturated carbocycles. The van der Waals surface area contributed by atoms with Gasteiger partial charge in [0.05, 0.1) is 11.9 Å². The zero-order valence-corrected chi connectivity index (χ0v) is 20.2. The molecule has 1 saturated heterocycles. The van der Waals surface area contributed by atoms with Crippen LogP contribution in [0.1, 0.15) is 18.2 Å². The van der Waals surface area contributed by atoms with Crippen LogP contribution in [-0.4, -0.2) is 89.7 Å². The number of rotatable bonds is 10. The van der Waals surface area contributed by atoms with Crippen LogP contribution >= 0.6 is 0 Å². The molecule has 1 aliphatic heterocycles. The van der Waals surface area contributed by atoms with Crippen molar-refractivity contribution in [2.75, 3.05) is 25.4 Å². The van der Waals surface area contributed by atoms with E-state index in [0.29, 0.717) is 0 Å². The molecule has 0 radical (unpaired) electrons. The lowest BCUT2D eigenvalue weighted by atomic mass is 10.1. The summed E-state index contributed by atoms with van der Waals surface area (Å²) in [5, 5.41) is 30.5. The number of carbonyl (C=O) groups is 1. The van der Waals surface area contributed by atoms with Gasteiger partial charge in [0.2, 0.25) is 0 Å². The molecule has 5 atom stereocenters. The second-order valence-corrected chi connectivity index (χ2v) is 8.91. The largest absolute Gasteiger partial charge is 0.480 e. The van der Waals surface area contributed by atoms with Gasteiger partial charge in [0.15, 0.2) is 41.0 Å². The minimum absolute atomic E-state index is 0.0192. The lowest BCUT2D eigenvalue weighted by Gasteiger charge is -2.26. The second-order valence-electron chi connectivity index (χ2n) is 8.91. The van der Waals surface area contributed by atoms with Crippen molar-refractivity contribution in [1.29, 1.82) is 0 Å². The minimum Gasteiger partial charge on any atom is -0.480 e. The third-order valence-electron chi connectivity index (χ3n) is 6.30. The number of benzene rings is 1. The Morgan fingerprint density at radius 1 is 1.15 bits per heavy atom. The predicted molar refractivity (Wildman–Crippen MR) is 128 cm³/mol. The fourth-order valence-electron chi connectivity index (χ4n) is 4.18. The molecule has 2 aromatic heterocycles. The molecular weight excluding hydrogens is 530 g/mol. The first kappa shape index (κ1) is 28.3. The van der Waals surface area contributed by atoms with Crippen molar-refractivity contribution in [3.05, 3.63) is 53.6 Å². The van der Waals surface area contributed by atoms with Crippen LogP contribution in [0.3, 0.4) is 0 Å². The van der Waals surface area contributed by atoms with Gasteiger partial charge in [-0.2, -0.15) is 0 Å². The van der Waals surface area contributed by atoms with Crippen LogP contribution in [0.25, 0.3) is 17.2 Å². The van der Waals surface area contributed by atoms with E-state index in [1.54, 1.807) is 0 Å². The molecule has 1 aliphatic rings. The molecule has 12 nitrogen and oxygen atoms in total. The van der Waals surface area contributed by atoms with Gasteiger partial charge in [-0.3, -0.25) is 14.3 Å². The molecule has 1 fully saturated rings. The number of nitrogens with zero attached hydrogens (tertiary/aromatic N) is 5. The summed E-state index contributed by atoms with van der Waals surface area (Å²) in [6, 6.07) is -1.15. The summed E-state index contributed by atoms with van der Waals surface area (Å²) in [6.07, 6.45) is -0.515. The van der Waals surface area contributed by atoms with Gasteiger partial charge in [0.25, 0.3) is 0 Å². The summed E-state index contributed by atoms with van der Waals surface area (Å²) in [6.45, 7) is -0.197. The van der Waals surface area contributed by atoms with Crippen LogP contribution in [0.4, 0.5) is 23.4 Å². The summed E-state index contributed by atoms with van der Waals surface area (Å²) in [7, 11) is 0. The zero-order chi connectivity index (χ0) is 28.4. The van der Waals surface area contributed by atoms with Crippen LogP contribution < -0.4 is 11.5 Å². The van der Waals surface area contributed by atoms with E-state index in [-0.39, 0.29) is 49.1 Å². The molecule has 3 heterocycles. The van der Waals surface area contributed by atoms with E-state index >= 15 is 0 Å². The van der Waals surface area contributed by atoms with Crippen LogP contribution in [0.15, 0.2) is 24.8 Å². The third-order valence-corrected chi connectivity index (χ3v) is 6.30. The van der Waals surface area contributed by atoms with Gasteiger partial charge >= 0.3 is 5.97 Å². The number of imidazole rings is 1. The number of hydrogen-bond donors (Lipinski definition) is 5. The number of aliphatic hydroxyl groups excluding tert-OH is 2. The van der Waals surface area contributed by atoms with Crippen LogP contribution in [0.5, 0.6) is 0 Å². The SMILES string of the molecule is Nc1ncnc2c1ncn2[C@@H]1O[C@H](CN(C/C=C/c2c(F)c(F)cc(F)c2F)CC[C@H](N)C(=O)O)[C@@H](O)[C@H]1O. The Balaban J connectivity index is 1.53. The maximum absolute atomic E-state index is 14.0. The van der Waals surface area contributed by atoms with Crippen molar-refractivity contribution in [3.63, 3.8) is 0 Å². The highest BCUT2D eigenvalue weighted by atomic mass is 19.2. The molecule has 0 unspecified atom stereocenters. The van der Waals surface area contributed by atoms with Crippen molar-refractivity contribution in [3.8, 4) is 0 Å². The van der Waals surface area contributed by atoms with Gasteiger partial charge in [-0.15, -0.1) is 0 Å². The Hall–Kier alpha value is -3.70. The highest BCUT2D eigenvalue weighted by Crippen LogP contribution is 2.32. The summed E-state index contributed by atoms with van der Waals surface area (Å²) < 4.78 is 62.3. The molecule has 1 aromatic carbocycles. The lowest BCUT2D eigenvalue weighted by molar-refractivity contribution is -0.138.